The van der Waals surface area contributed by atoms with Crippen LogP contribution in [0.25, 0.3) is 0 Å². The summed E-state index contributed by atoms with van der Waals surface area (Å²) < 4.78 is 0. The summed E-state index contributed by atoms with van der Waals surface area (Å²) in [6.45, 7) is 1.52. The summed E-state index contributed by atoms with van der Waals surface area (Å²) in [5, 5.41) is 38.4. The topological polar surface area (TPSA) is 110 Å². The quantitative estimate of drug-likeness (QED) is 0.512. The van der Waals surface area contributed by atoms with Gasteiger partial charge in [0.1, 0.15) is 17.2 Å². The molecule has 0 spiro atoms. The average Bonchev–Trinajstić information content (AvgIpc) is 2.47. The van der Waals surface area contributed by atoms with E-state index >= 15 is 0 Å². The number of para-hydroxylation sites is 1. The zero-order chi connectivity index (χ0) is 16.3. The monoisotopic (exact) mass is 301 g/mol. The van der Waals surface area contributed by atoms with Crippen LogP contribution in [0, 0.1) is 0 Å². The van der Waals surface area contributed by atoms with Crippen LogP contribution in [0.4, 0.5) is 0 Å². The molecular weight excluding hydrogens is 286 g/mol. The molecule has 0 heterocycles. The Labute approximate surface area is 126 Å². The van der Waals surface area contributed by atoms with E-state index in [2.05, 4.69) is 4.99 Å². The van der Waals surface area contributed by atoms with Crippen LogP contribution in [-0.2, 0) is 4.79 Å². The van der Waals surface area contributed by atoms with Gasteiger partial charge in [0.15, 0.2) is 6.04 Å². The van der Waals surface area contributed by atoms with Gasteiger partial charge in [0.25, 0.3) is 0 Å². The van der Waals surface area contributed by atoms with Crippen molar-refractivity contribution in [2.45, 2.75) is 13.0 Å². The van der Waals surface area contributed by atoms with Crippen LogP contribution < -0.4 is 0 Å². The van der Waals surface area contributed by atoms with Crippen molar-refractivity contribution in [3.8, 4) is 17.2 Å². The number of carbonyl (C=O) groups is 1. The maximum Gasteiger partial charge on any atom is 0.333 e. The highest BCUT2D eigenvalue weighted by atomic mass is 16.4. The first kappa shape index (κ1) is 15.4. The van der Waals surface area contributed by atoms with Gasteiger partial charge in [-0.15, -0.1) is 0 Å². The van der Waals surface area contributed by atoms with E-state index in [9.17, 15) is 25.2 Å². The molecule has 0 fully saturated rings. The van der Waals surface area contributed by atoms with Crippen LogP contribution in [0.5, 0.6) is 17.2 Å². The van der Waals surface area contributed by atoms with E-state index in [-0.39, 0.29) is 34.1 Å². The first-order chi connectivity index (χ1) is 10.4. The Morgan fingerprint density at radius 2 is 1.73 bits per heavy atom. The Morgan fingerprint density at radius 1 is 1.05 bits per heavy atom. The Balaban J connectivity index is 2.49. The molecule has 0 aliphatic heterocycles. The molecule has 0 amide bonds. The molecule has 0 aliphatic rings. The second-order valence-electron chi connectivity index (χ2n) is 4.72. The van der Waals surface area contributed by atoms with Crippen molar-refractivity contribution < 1.29 is 25.2 Å². The molecule has 114 valence electrons. The first-order valence-electron chi connectivity index (χ1n) is 6.47. The Morgan fingerprint density at radius 3 is 2.36 bits per heavy atom. The Bertz CT molecular complexity index is 739. The van der Waals surface area contributed by atoms with Gasteiger partial charge in [-0.2, -0.15) is 0 Å². The van der Waals surface area contributed by atoms with E-state index in [0.717, 1.165) is 0 Å². The minimum atomic E-state index is -1.32. The van der Waals surface area contributed by atoms with Crippen molar-refractivity contribution in [3.05, 3.63) is 53.6 Å². The number of phenolic OH excluding ortho intramolecular Hbond substituents is 3. The molecule has 22 heavy (non-hydrogen) atoms. The summed E-state index contributed by atoms with van der Waals surface area (Å²) in [6, 6.07) is 8.59. The summed E-state index contributed by atoms with van der Waals surface area (Å²) in [6.07, 6.45) is 0. The Kier molecular flexibility index (Phi) is 4.31. The fourth-order valence-corrected chi connectivity index (χ4v) is 2.05. The predicted octanol–water partition coefficient (Wildman–Crippen LogP) is 2.44. The molecule has 2 rings (SSSR count). The zero-order valence-corrected chi connectivity index (χ0v) is 11.8. The van der Waals surface area contributed by atoms with Crippen LogP contribution in [0.3, 0.4) is 0 Å². The number of aromatic hydroxyl groups is 3. The van der Waals surface area contributed by atoms with Crippen molar-refractivity contribution in [1.82, 2.24) is 0 Å². The van der Waals surface area contributed by atoms with Gasteiger partial charge in [0.2, 0.25) is 0 Å². The fraction of sp³-hybridized carbons (Fsp3) is 0.125. The Hall–Kier alpha value is -3.02. The number of phenols is 3. The van der Waals surface area contributed by atoms with E-state index in [1.165, 1.54) is 37.3 Å². The number of rotatable bonds is 4. The van der Waals surface area contributed by atoms with Crippen molar-refractivity contribution in [2.24, 2.45) is 4.99 Å². The van der Waals surface area contributed by atoms with Crippen molar-refractivity contribution >= 4 is 11.7 Å². The minimum absolute atomic E-state index is 0.0724. The number of carboxylic acids is 1. The van der Waals surface area contributed by atoms with E-state index in [1.807, 2.05) is 0 Å². The van der Waals surface area contributed by atoms with Gasteiger partial charge in [-0.25, -0.2) is 4.79 Å². The molecule has 0 radical (unpaired) electrons. The number of benzene rings is 2. The number of carboxylic acid groups (broad SMARTS) is 1. The summed E-state index contributed by atoms with van der Waals surface area (Å²) in [5.74, 6) is -1.61. The third kappa shape index (κ3) is 3.17. The zero-order valence-electron chi connectivity index (χ0n) is 11.8. The van der Waals surface area contributed by atoms with Crippen LogP contribution in [0.15, 0.2) is 47.5 Å². The lowest BCUT2D eigenvalue weighted by atomic mass is 10.0. The van der Waals surface area contributed by atoms with Gasteiger partial charge < -0.3 is 20.4 Å². The van der Waals surface area contributed by atoms with Crippen LogP contribution in [0.2, 0.25) is 0 Å². The average molecular weight is 301 g/mol. The smallest absolute Gasteiger partial charge is 0.333 e. The van der Waals surface area contributed by atoms with E-state index in [4.69, 9.17) is 0 Å². The van der Waals surface area contributed by atoms with Crippen LogP contribution >= 0.6 is 0 Å². The fourth-order valence-electron chi connectivity index (χ4n) is 2.05. The predicted molar refractivity (Wildman–Crippen MR) is 80.5 cm³/mol. The maximum atomic E-state index is 11.4. The minimum Gasteiger partial charge on any atom is -0.508 e. The lowest BCUT2D eigenvalue weighted by Gasteiger charge is -2.12. The third-order valence-electron chi connectivity index (χ3n) is 3.16. The van der Waals surface area contributed by atoms with Crippen molar-refractivity contribution in [2.75, 3.05) is 0 Å². The number of aliphatic imine (C=N–C) groups is 1. The highest BCUT2D eigenvalue weighted by molar-refractivity contribution is 6.02. The normalized spacial score (nSPS) is 12.9. The molecule has 2 aromatic carbocycles. The van der Waals surface area contributed by atoms with Gasteiger partial charge in [-0.3, -0.25) is 4.99 Å². The maximum absolute atomic E-state index is 11.4. The molecule has 1 unspecified atom stereocenters. The highest BCUT2D eigenvalue weighted by Gasteiger charge is 2.22. The first-order valence-corrected chi connectivity index (χ1v) is 6.47. The number of hydrogen-bond donors (Lipinski definition) is 4. The molecule has 0 saturated carbocycles. The molecular formula is C16H15NO5. The standard InChI is InChI=1S/C16H15NO5/c1-9(12-8-10(18)6-7-14(12)20)17-15(16(21)22)11-4-2-3-5-13(11)19/h2-8,15,18-20H,1H3,(H,21,22). The summed E-state index contributed by atoms with van der Waals surface area (Å²) in [5.41, 5.74) is 0.597. The van der Waals surface area contributed by atoms with E-state index in [0.29, 0.717) is 0 Å². The molecule has 0 aromatic heterocycles. The van der Waals surface area contributed by atoms with E-state index < -0.39 is 12.0 Å². The van der Waals surface area contributed by atoms with Gasteiger partial charge in [-0.05, 0) is 31.2 Å². The second-order valence-corrected chi connectivity index (χ2v) is 4.72. The lowest BCUT2D eigenvalue weighted by molar-refractivity contribution is -0.138. The summed E-state index contributed by atoms with van der Waals surface area (Å²) >= 11 is 0. The van der Waals surface area contributed by atoms with Gasteiger partial charge in [0.05, 0.1) is 0 Å². The molecule has 0 bridgehead atoms. The molecule has 2 aromatic rings. The number of aliphatic carboxylic acids is 1. The van der Waals surface area contributed by atoms with Crippen molar-refractivity contribution in [1.29, 1.82) is 0 Å². The van der Waals surface area contributed by atoms with E-state index in [1.54, 1.807) is 12.1 Å². The van der Waals surface area contributed by atoms with Crippen LogP contribution in [0.1, 0.15) is 24.1 Å². The summed E-state index contributed by atoms with van der Waals surface area (Å²) in [4.78, 5) is 15.5. The molecule has 0 aliphatic carbocycles. The highest BCUT2D eigenvalue weighted by Crippen LogP contribution is 2.29. The summed E-state index contributed by atoms with van der Waals surface area (Å²) in [7, 11) is 0. The van der Waals surface area contributed by atoms with Gasteiger partial charge >= 0.3 is 5.97 Å². The van der Waals surface area contributed by atoms with Crippen molar-refractivity contribution in [3.63, 3.8) is 0 Å². The van der Waals surface area contributed by atoms with Crippen LogP contribution in [-0.4, -0.2) is 32.1 Å². The molecule has 4 N–H and O–H groups in total. The molecule has 6 heteroatoms. The second kappa shape index (κ2) is 6.17. The third-order valence-corrected chi connectivity index (χ3v) is 3.16. The number of hydrogen-bond acceptors (Lipinski definition) is 5. The number of nitrogens with zero attached hydrogens (tertiary/aromatic N) is 1. The molecule has 0 saturated heterocycles. The molecule has 6 nitrogen and oxygen atoms in total. The van der Waals surface area contributed by atoms with Gasteiger partial charge in [0, 0.05) is 16.8 Å². The van der Waals surface area contributed by atoms with Gasteiger partial charge in [-0.1, -0.05) is 18.2 Å². The SMILES string of the molecule is CC(=NC(C(=O)O)c1ccccc1O)c1cc(O)ccc1O. The largest absolute Gasteiger partial charge is 0.508 e. The molecule has 1 atom stereocenters. The lowest BCUT2D eigenvalue weighted by Crippen LogP contribution is -2.12.